The van der Waals surface area contributed by atoms with Gasteiger partial charge in [-0.25, -0.2) is 4.39 Å². The highest BCUT2D eigenvalue weighted by Gasteiger charge is 2.25. The lowest BCUT2D eigenvalue weighted by Gasteiger charge is -2.21. The Morgan fingerprint density at radius 2 is 2.12 bits per heavy atom. The molecule has 1 aromatic carbocycles. The standard InChI is InChI=1S/C13H19BrFNO/c1-9(2)17-12-6-5-10(7-11(12)14)13(3,15)8-16-4/h5-7,9,16H,8H2,1-4H3. The molecule has 0 aliphatic carbocycles. The molecule has 0 spiro atoms. The van der Waals surface area contributed by atoms with E-state index in [0.717, 1.165) is 10.2 Å². The maximum Gasteiger partial charge on any atom is 0.145 e. The predicted molar refractivity (Wildman–Crippen MR) is 72.3 cm³/mol. The molecule has 1 N–H and O–H groups in total. The van der Waals surface area contributed by atoms with Gasteiger partial charge in [0, 0.05) is 6.54 Å². The lowest BCUT2D eigenvalue weighted by molar-refractivity contribution is 0.190. The lowest BCUT2D eigenvalue weighted by atomic mass is 9.98. The van der Waals surface area contributed by atoms with Crippen LogP contribution in [0.15, 0.2) is 22.7 Å². The zero-order valence-electron chi connectivity index (χ0n) is 10.7. The van der Waals surface area contributed by atoms with Crippen LogP contribution < -0.4 is 10.1 Å². The summed E-state index contributed by atoms with van der Waals surface area (Å²) in [5, 5.41) is 2.85. The summed E-state index contributed by atoms with van der Waals surface area (Å²) < 4.78 is 20.6. The molecule has 0 heterocycles. The summed E-state index contributed by atoms with van der Waals surface area (Å²) in [7, 11) is 1.74. The van der Waals surface area contributed by atoms with Crippen LogP contribution >= 0.6 is 15.9 Å². The van der Waals surface area contributed by atoms with E-state index in [1.165, 1.54) is 0 Å². The molecule has 0 aromatic heterocycles. The molecule has 4 heteroatoms. The van der Waals surface area contributed by atoms with E-state index in [1.54, 1.807) is 32.2 Å². The Kier molecular flexibility index (Phi) is 4.95. The van der Waals surface area contributed by atoms with Crippen LogP contribution in [0.2, 0.25) is 0 Å². The maximum absolute atomic E-state index is 14.3. The van der Waals surface area contributed by atoms with Crippen molar-refractivity contribution in [3.05, 3.63) is 28.2 Å². The molecule has 1 unspecified atom stereocenters. The van der Waals surface area contributed by atoms with Crippen LogP contribution in [-0.4, -0.2) is 19.7 Å². The van der Waals surface area contributed by atoms with Gasteiger partial charge in [0.25, 0.3) is 0 Å². The monoisotopic (exact) mass is 303 g/mol. The fraction of sp³-hybridized carbons (Fsp3) is 0.538. The molecule has 2 nitrogen and oxygen atoms in total. The smallest absolute Gasteiger partial charge is 0.145 e. The Bertz CT molecular complexity index is 380. The number of alkyl halides is 1. The third-order valence-electron chi connectivity index (χ3n) is 2.41. The van der Waals surface area contributed by atoms with Gasteiger partial charge in [-0.3, -0.25) is 0 Å². The highest BCUT2D eigenvalue weighted by atomic mass is 79.9. The number of likely N-dealkylation sites (N-methyl/N-ethyl adjacent to an activating group) is 1. The molecule has 0 bridgehead atoms. The van der Waals surface area contributed by atoms with Gasteiger partial charge in [0.1, 0.15) is 11.4 Å². The number of ether oxygens (including phenoxy) is 1. The molecule has 0 amide bonds. The van der Waals surface area contributed by atoms with Crippen LogP contribution in [0.3, 0.4) is 0 Å². The van der Waals surface area contributed by atoms with Crippen molar-refractivity contribution in [3.63, 3.8) is 0 Å². The van der Waals surface area contributed by atoms with E-state index in [4.69, 9.17) is 4.74 Å². The Hall–Kier alpha value is -0.610. The minimum atomic E-state index is -1.38. The van der Waals surface area contributed by atoms with Gasteiger partial charge in [-0.05, 0) is 61.4 Å². The summed E-state index contributed by atoms with van der Waals surface area (Å²) in [5.74, 6) is 0.740. The molecule has 0 fully saturated rings. The van der Waals surface area contributed by atoms with Gasteiger partial charge in [-0.1, -0.05) is 6.07 Å². The van der Waals surface area contributed by atoms with Crippen LogP contribution in [0, 0.1) is 0 Å². The first-order valence-electron chi connectivity index (χ1n) is 5.67. The van der Waals surface area contributed by atoms with Crippen molar-refractivity contribution in [1.82, 2.24) is 5.32 Å². The van der Waals surface area contributed by atoms with Gasteiger partial charge in [0.15, 0.2) is 0 Å². The lowest BCUT2D eigenvalue weighted by Crippen LogP contribution is -2.29. The van der Waals surface area contributed by atoms with Gasteiger partial charge >= 0.3 is 0 Å². The summed E-state index contributed by atoms with van der Waals surface area (Å²) in [5.41, 5.74) is -0.747. The quantitative estimate of drug-likeness (QED) is 0.897. The Morgan fingerprint density at radius 3 is 2.59 bits per heavy atom. The second-order valence-electron chi connectivity index (χ2n) is 4.54. The average molecular weight is 304 g/mol. The van der Waals surface area contributed by atoms with Crippen molar-refractivity contribution >= 4 is 15.9 Å². The molecule has 0 aliphatic heterocycles. The molecule has 1 aromatic rings. The van der Waals surface area contributed by atoms with Crippen molar-refractivity contribution in [2.75, 3.05) is 13.6 Å². The molecule has 17 heavy (non-hydrogen) atoms. The summed E-state index contributed by atoms with van der Waals surface area (Å²) >= 11 is 3.41. The van der Waals surface area contributed by atoms with Crippen LogP contribution in [0.5, 0.6) is 5.75 Å². The molecule has 0 saturated carbocycles. The van der Waals surface area contributed by atoms with E-state index in [0.29, 0.717) is 5.56 Å². The molecule has 1 atom stereocenters. The summed E-state index contributed by atoms with van der Waals surface area (Å²) in [4.78, 5) is 0. The number of nitrogens with one attached hydrogen (secondary N) is 1. The highest BCUT2D eigenvalue weighted by molar-refractivity contribution is 9.10. The number of hydrogen-bond acceptors (Lipinski definition) is 2. The van der Waals surface area contributed by atoms with E-state index in [2.05, 4.69) is 21.2 Å². The highest BCUT2D eigenvalue weighted by Crippen LogP contribution is 2.32. The van der Waals surface area contributed by atoms with Gasteiger partial charge in [0.2, 0.25) is 0 Å². The molecule has 1 rings (SSSR count). The summed E-state index contributed by atoms with van der Waals surface area (Å²) in [6, 6.07) is 5.34. The number of halogens is 2. The van der Waals surface area contributed by atoms with E-state index in [-0.39, 0.29) is 12.6 Å². The maximum atomic E-state index is 14.3. The van der Waals surface area contributed by atoms with Gasteiger partial charge in [-0.2, -0.15) is 0 Å². The summed E-state index contributed by atoms with van der Waals surface area (Å²) in [6.45, 7) is 5.76. The first-order chi connectivity index (χ1) is 7.86. The van der Waals surface area contributed by atoms with Crippen molar-refractivity contribution in [2.24, 2.45) is 0 Å². The second-order valence-corrected chi connectivity index (χ2v) is 5.39. The average Bonchev–Trinajstić information content (AvgIpc) is 2.20. The minimum Gasteiger partial charge on any atom is -0.490 e. The molecular weight excluding hydrogens is 285 g/mol. The third-order valence-corrected chi connectivity index (χ3v) is 3.02. The Labute approximate surface area is 111 Å². The number of rotatable bonds is 5. The Balaban J connectivity index is 2.95. The van der Waals surface area contributed by atoms with Crippen molar-refractivity contribution < 1.29 is 9.13 Å². The number of hydrogen-bond donors (Lipinski definition) is 1. The third kappa shape index (κ3) is 3.96. The van der Waals surface area contributed by atoms with Crippen molar-refractivity contribution in [2.45, 2.75) is 32.5 Å². The van der Waals surface area contributed by atoms with Crippen LogP contribution in [0.4, 0.5) is 4.39 Å². The molecule has 0 aliphatic rings. The fourth-order valence-corrected chi connectivity index (χ4v) is 2.08. The van der Waals surface area contributed by atoms with Crippen LogP contribution in [0.25, 0.3) is 0 Å². The van der Waals surface area contributed by atoms with Gasteiger partial charge < -0.3 is 10.1 Å². The molecule has 0 saturated heterocycles. The zero-order chi connectivity index (χ0) is 13.1. The van der Waals surface area contributed by atoms with Crippen molar-refractivity contribution in [1.29, 1.82) is 0 Å². The normalized spacial score (nSPS) is 14.8. The molecule has 0 radical (unpaired) electrons. The SMILES string of the molecule is CNCC(C)(F)c1ccc(OC(C)C)c(Br)c1. The first kappa shape index (κ1) is 14.5. The van der Waals surface area contributed by atoms with E-state index in [1.807, 2.05) is 13.8 Å². The van der Waals surface area contributed by atoms with E-state index in [9.17, 15) is 4.39 Å². The van der Waals surface area contributed by atoms with Crippen LogP contribution in [-0.2, 0) is 5.67 Å². The van der Waals surface area contributed by atoms with Crippen LogP contribution in [0.1, 0.15) is 26.3 Å². The summed E-state index contributed by atoms with van der Waals surface area (Å²) in [6.07, 6.45) is 0.103. The second kappa shape index (κ2) is 5.83. The van der Waals surface area contributed by atoms with Gasteiger partial charge in [0.05, 0.1) is 10.6 Å². The van der Waals surface area contributed by atoms with Crippen molar-refractivity contribution in [3.8, 4) is 5.75 Å². The zero-order valence-corrected chi connectivity index (χ0v) is 12.3. The fourth-order valence-electron chi connectivity index (χ4n) is 1.61. The van der Waals surface area contributed by atoms with E-state index < -0.39 is 5.67 Å². The predicted octanol–water partition coefficient (Wildman–Crippen LogP) is 3.64. The largest absolute Gasteiger partial charge is 0.490 e. The topological polar surface area (TPSA) is 21.3 Å². The first-order valence-corrected chi connectivity index (χ1v) is 6.46. The number of benzene rings is 1. The van der Waals surface area contributed by atoms with E-state index >= 15 is 0 Å². The van der Waals surface area contributed by atoms with Gasteiger partial charge in [-0.15, -0.1) is 0 Å². The Morgan fingerprint density at radius 1 is 1.47 bits per heavy atom. The molecule has 96 valence electrons. The molecular formula is C13H19BrFNO. The minimum absolute atomic E-state index is 0.103.